The van der Waals surface area contributed by atoms with Crippen LogP contribution in [0.4, 0.5) is 0 Å². The van der Waals surface area contributed by atoms with Gasteiger partial charge in [-0.05, 0) is 27.7 Å². The maximum Gasteiger partial charge on any atom is 0.219 e. The zero-order chi connectivity index (χ0) is 11.6. The minimum atomic E-state index is -0.592. The van der Waals surface area contributed by atoms with E-state index in [1.54, 1.807) is 6.92 Å². The van der Waals surface area contributed by atoms with E-state index < -0.39 is 4.75 Å². The van der Waals surface area contributed by atoms with Gasteiger partial charge in [0, 0.05) is 5.57 Å². The summed E-state index contributed by atoms with van der Waals surface area (Å²) in [6.45, 7) is 7.41. The molecule has 1 aliphatic rings. The maximum atomic E-state index is 11.4. The average molecular weight is 224 g/mol. The summed E-state index contributed by atoms with van der Waals surface area (Å²) in [7, 11) is 0. The predicted octanol–water partition coefficient (Wildman–Crippen LogP) is 3.37. The number of rotatable bonds is 2. The van der Waals surface area contributed by atoms with Gasteiger partial charge in [0.05, 0.1) is 4.75 Å². The van der Waals surface area contributed by atoms with Crippen LogP contribution in [0.15, 0.2) is 35.1 Å². The molecule has 0 spiro atoms. The molecule has 0 radical (unpaired) electrons. The van der Waals surface area contributed by atoms with Crippen molar-refractivity contribution in [2.45, 2.75) is 32.4 Å². The van der Waals surface area contributed by atoms with Gasteiger partial charge in [-0.3, -0.25) is 4.79 Å². The van der Waals surface area contributed by atoms with Crippen LogP contribution in [-0.2, 0) is 4.79 Å². The van der Waals surface area contributed by atoms with E-state index in [1.165, 1.54) is 0 Å². The van der Waals surface area contributed by atoms with Crippen LogP contribution in [0.25, 0.3) is 0 Å². The van der Waals surface area contributed by atoms with Gasteiger partial charge in [0.1, 0.15) is 5.76 Å². The summed E-state index contributed by atoms with van der Waals surface area (Å²) in [5, 5.41) is 9.83. The van der Waals surface area contributed by atoms with E-state index in [2.05, 4.69) is 0 Å². The summed E-state index contributed by atoms with van der Waals surface area (Å²) in [5.74, 6) is 0.182. The van der Waals surface area contributed by atoms with Crippen molar-refractivity contribution in [3.8, 4) is 0 Å². The van der Waals surface area contributed by atoms with Gasteiger partial charge in [-0.2, -0.15) is 0 Å². The Labute approximate surface area is 94.8 Å². The molecule has 1 heterocycles. The van der Waals surface area contributed by atoms with Crippen LogP contribution in [0.3, 0.4) is 0 Å². The molecule has 0 amide bonds. The first-order valence-corrected chi connectivity index (χ1v) is 5.68. The summed E-state index contributed by atoms with van der Waals surface area (Å²) >= 11 is 1.16. The first-order valence-electron chi connectivity index (χ1n) is 4.86. The van der Waals surface area contributed by atoms with Crippen molar-refractivity contribution in [3.63, 3.8) is 0 Å². The number of aliphatic hydroxyl groups excluding tert-OH is 1. The standard InChI is InChI=1S/C12H16O2S/c1-5-6-8(2)7-12(4)10(13)9(3)11(14)15-12/h5-7,13H,1-4H3. The van der Waals surface area contributed by atoms with Gasteiger partial charge >= 0.3 is 0 Å². The van der Waals surface area contributed by atoms with E-state index in [-0.39, 0.29) is 10.9 Å². The molecule has 2 nitrogen and oxygen atoms in total. The van der Waals surface area contributed by atoms with Gasteiger partial charge in [-0.15, -0.1) is 0 Å². The van der Waals surface area contributed by atoms with E-state index in [4.69, 9.17) is 0 Å². The highest BCUT2D eigenvalue weighted by molar-refractivity contribution is 8.16. The van der Waals surface area contributed by atoms with Gasteiger partial charge in [0.15, 0.2) is 0 Å². The lowest BCUT2D eigenvalue weighted by Crippen LogP contribution is -2.17. The van der Waals surface area contributed by atoms with Crippen LogP contribution in [0.2, 0.25) is 0 Å². The highest BCUT2D eigenvalue weighted by atomic mass is 32.2. The molecule has 15 heavy (non-hydrogen) atoms. The van der Waals surface area contributed by atoms with Crippen LogP contribution in [0.5, 0.6) is 0 Å². The largest absolute Gasteiger partial charge is 0.510 e. The van der Waals surface area contributed by atoms with Gasteiger partial charge in [-0.1, -0.05) is 35.6 Å². The third-order valence-electron chi connectivity index (χ3n) is 2.37. The van der Waals surface area contributed by atoms with Gasteiger partial charge in [0.2, 0.25) is 5.12 Å². The van der Waals surface area contributed by atoms with Crippen molar-refractivity contribution in [2.75, 3.05) is 0 Å². The third kappa shape index (κ3) is 2.34. The Morgan fingerprint density at radius 1 is 1.53 bits per heavy atom. The highest BCUT2D eigenvalue weighted by Crippen LogP contribution is 2.43. The van der Waals surface area contributed by atoms with Crippen molar-refractivity contribution >= 4 is 16.9 Å². The van der Waals surface area contributed by atoms with E-state index >= 15 is 0 Å². The number of hydrogen-bond acceptors (Lipinski definition) is 3. The van der Waals surface area contributed by atoms with Gasteiger partial charge in [0.25, 0.3) is 0 Å². The first-order chi connectivity index (χ1) is 6.90. The molecule has 82 valence electrons. The number of allylic oxidation sites excluding steroid dienone is 3. The SMILES string of the molecule is CC=CC(C)=CC1(C)SC(=O)C(C)=C1O. The Hall–Kier alpha value is -0.960. The second-order valence-corrected chi connectivity index (χ2v) is 5.28. The quantitative estimate of drug-likeness (QED) is 0.731. The van der Waals surface area contributed by atoms with Gasteiger partial charge in [-0.25, -0.2) is 0 Å². The maximum absolute atomic E-state index is 11.4. The molecule has 1 aliphatic heterocycles. The van der Waals surface area contributed by atoms with Crippen molar-refractivity contribution < 1.29 is 9.90 Å². The summed E-state index contributed by atoms with van der Waals surface area (Å²) in [4.78, 5) is 11.4. The molecule has 1 atom stereocenters. The molecule has 1 rings (SSSR count). The van der Waals surface area contributed by atoms with Crippen molar-refractivity contribution in [2.24, 2.45) is 0 Å². The molecule has 1 N–H and O–H groups in total. The Balaban J connectivity index is 3.07. The molecular formula is C12H16O2S. The van der Waals surface area contributed by atoms with Crippen LogP contribution in [0.1, 0.15) is 27.7 Å². The molecule has 0 saturated carbocycles. The Morgan fingerprint density at radius 2 is 2.13 bits per heavy atom. The number of aliphatic hydroxyl groups is 1. The van der Waals surface area contributed by atoms with Crippen molar-refractivity contribution in [1.29, 1.82) is 0 Å². The average Bonchev–Trinajstić information content (AvgIpc) is 2.31. The second kappa shape index (κ2) is 4.27. The summed E-state index contributed by atoms with van der Waals surface area (Å²) in [5.41, 5.74) is 1.51. The highest BCUT2D eigenvalue weighted by Gasteiger charge is 2.39. The molecule has 0 aromatic rings. The Bertz CT molecular complexity index is 377. The van der Waals surface area contributed by atoms with Gasteiger partial charge < -0.3 is 5.11 Å². The van der Waals surface area contributed by atoms with E-state index in [0.717, 1.165) is 17.3 Å². The first kappa shape index (κ1) is 12.1. The van der Waals surface area contributed by atoms with Crippen LogP contribution < -0.4 is 0 Å². The summed E-state index contributed by atoms with van der Waals surface area (Å²) < 4.78 is -0.592. The number of carbonyl (C=O) groups excluding carboxylic acids is 1. The normalized spacial score (nSPS) is 28.3. The molecule has 1 unspecified atom stereocenters. The van der Waals surface area contributed by atoms with Crippen LogP contribution >= 0.6 is 11.8 Å². The molecule has 0 aliphatic carbocycles. The fraction of sp³-hybridized carbons (Fsp3) is 0.417. The van der Waals surface area contributed by atoms with Crippen LogP contribution in [0, 0.1) is 0 Å². The lowest BCUT2D eigenvalue weighted by atomic mass is 10.0. The predicted molar refractivity (Wildman–Crippen MR) is 64.9 cm³/mol. The lowest BCUT2D eigenvalue weighted by Gasteiger charge is -2.18. The minimum absolute atomic E-state index is 0.0421. The molecular weight excluding hydrogens is 208 g/mol. The molecule has 0 aromatic carbocycles. The third-order valence-corrected chi connectivity index (χ3v) is 3.60. The van der Waals surface area contributed by atoms with Crippen molar-refractivity contribution in [3.05, 3.63) is 35.1 Å². The number of hydrogen-bond donors (Lipinski definition) is 1. The van der Waals surface area contributed by atoms with E-state index in [9.17, 15) is 9.90 Å². The lowest BCUT2D eigenvalue weighted by molar-refractivity contribution is -0.107. The van der Waals surface area contributed by atoms with E-state index in [1.807, 2.05) is 39.0 Å². The topological polar surface area (TPSA) is 37.3 Å². The molecule has 0 aromatic heterocycles. The zero-order valence-electron chi connectivity index (χ0n) is 9.50. The zero-order valence-corrected chi connectivity index (χ0v) is 10.3. The number of carbonyl (C=O) groups is 1. The number of thioether (sulfide) groups is 1. The van der Waals surface area contributed by atoms with E-state index in [0.29, 0.717) is 5.57 Å². The van der Waals surface area contributed by atoms with Crippen molar-refractivity contribution in [1.82, 2.24) is 0 Å². The fourth-order valence-electron chi connectivity index (χ4n) is 1.63. The fourth-order valence-corrected chi connectivity index (χ4v) is 2.76. The summed E-state index contributed by atoms with van der Waals surface area (Å²) in [6, 6.07) is 0. The molecule has 0 saturated heterocycles. The Kier molecular flexibility index (Phi) is 3.45. The second-order valence-electron chi connectivity index (χ2n) is 3.86. The smallest absolute Gasteiger partial charge is 0.219 e. The van der Waals surface area contributed by atoms with Crippen LogP contribution in [-0.4, -0.2) is 15.0 Å². The minimum Gasteiger partial charge on any atom is -0.510 e. The Morgan fingerprint density at radius 3 is 2.53 bits per heavy atom. The molecule has 0 fully saturated rings. The molecule has 3 heteroatoms. The monoisotopic (exact) mass is 224 g/mol. The summed E-state index contributed by atoms with van der Waals surface area (Å²) in [6.07, 6.45) is 5.81. The molecule has 0 bridgehead atoms.